The van der Waals surface area contributed by atoms with Gasteiger partial charge in [-0.05, 0) is 38.7 Å². The fourth-order valence-electron chi connectivity index (χ4n) is 2.99. The monoisotopic (exact) mass is 304 g/mol. The summed E-state index contributed by atoms with van der Waals surface area (Å²) >= 11 is 0. The molecule has 1 amide bonds. The molecule has 22 heavy (non-hydrogen) atoms. The summed E-state index contributed by atoms with van der Waals surface area (Å²) in [5, 5.41) is 9.16. The summed E-state index contributed by atoms with van der Waals surface area (Å²) in [6.07, 6.45) is 5.51. The Balaban J connectivity index is 1.72. The van der Waals surface area contributed by atoms with Gasteiger partial charge in [-0.25, -0.2) is 4.98 Å². The van der Waals surface area contributed by atoms with Crippen molar-refractivity contribution in [2.75, 3.05) is 6.54 Å². The number of carbonyl (C=O) groups is 2. The number of carboxylic acids is 1. The zero-order valence-electron chi connectivity index (χ0n) is 12.6. The van der Waals surface area contributed by atoms with Crippen LogP contribution in [-0.4, -0.2) is 45.6 Å². The maximum Gasteiger partial charge on any atom is 0.308 e. The molecule has 1 aliphatic carbocycles. The second-order valence-corrected chi connectivity index (χ2v) is 6.03. The Kier molecular flexibility index (Phi) is 4.00. The highest BCUT2D eigenvalue weighted by atomic mass is 16.5. The van der Waals surface area contributed by atoms with Gasteiger partial charge < -0.3 is 14.7 Å². The van der Waals surface area contributed by atoms with Crippen LogP contribution in [0.3, 0.4) is 0 Å². The molecule has 0 aromatic carbocycles. The van der Waals surface area contributed by atoms with Gasteiger partial charge >= 0.3 is 5.97 Å². The van der Waals surface area contributed by atoms with Crippen molar-refractivity contribution in [3.8, 4) is 5.88 Å². The highest BCUT2D eigenvalue weighted by molar-refractivity contribution is 5.95. The summed E-state index contributed by atoms with van der Waals surface area (Å²) in [5.41, 5.74) is 0.502. The van der Waals surface area contributed by atoms with Gasteiger partial charge in [-0.15, -0.1) is 0 Å². The van der Waals surface area contributed by atoms with Crippen molar-refractivity contribution in [2.24, 2.45) is 5.92 Å². The minimum absolute atomic E-state index is 0.155. The number of carbonyl (C=O) groups excluding carboxylic acids is 1. The minimum Gasteiger partial charge on any atom is -0.481 e. The lowest BCUT2D eigenvalue weighted by Gasteiger charge is -2.26. The fraction of sp³-hybridized carbons (Fsp3) is 0.562. The fourth-order valence-corrected chi connectivity index (χ4v) is 2.99. The van der Waals surface area contributed by atoms with Crippen LogP contribution in [0, 0.1) is 5.92 Å². The van der Waals surface area contributed by atoms with Crippen molar-refractivity contribution in [1.29, 1.82) is 0 Å². The number of amides is 1. The number of aromatic nitrogens is 1. The molecule has 0 bridgehead atoms. The van der Waals surface area contributed by atoms with Crippen molar-refractivity contribution >= 4 is 11.9 Å². The molecule has 0 spiro atoms. The van der Waals surface area contributed by atoms with Crippen molar-refractivity contribution < 1.29 is 19.4 Å². The Morgan fingerprint density at radius 3 is 2.73 bits per heavy atom. The number of rotatable bonds is 4. The topological polar surface area (TPSA) is 79.7 Å². The number of ether oxygens (including phenoxy) is 1. The second-order valence-electron chi connectivity index (χ2n) is 6.03. The first-order valence-electron chi connectivity index (χ1n) is 7.72. The SMILES string of the molecule is CC1C(C(=O)O)CCN1C(=O)c1ccnc(OC2CCC2)c1. The third-order valence-corrected chi connectivity index (χ3v) is 4.65. The Morgan fingerprint density at radius 1 is 1.36 bits per heavy atom. The van der Waals surface area contributed by atoms with E-state index in [0.717, 1.165) is 12.8 Å². The van der Waals surface area contributed by atoms with Crippen LogP contribution < -0.4 is 4.74 Å². The summed E-state index contributed by atoms with van der Waals surface area (Å²) in [5.74, 6) is -1.02. The van der Waals surface area contributed by atoms with Crippen molar-refractivity contribution in [1.82, 2.24) is 9.88 Å². The molecular weight excluding hydrogens is 284 g/mol. The maximum absolute atomic E-state index is 12.6. The highest BCUT2D eigenvalue weighted by Gasteiger charge is 2.38. The van der Waals surface area contributed by atoms with Crippen LogP contribution in [0.4, 0.5) is 0 Å². The molecule has 2 atom stereocenters. The molecule has 0 radical (unpaired) electrons. The van der Waals surface area contributed by atoms with E-state index in [9.17, 15) is 9.59 Å². The number of carboxylic acid groups (broad SMARTS) is 1. The van der Waals surface area contributed by atoms with Gasteiger partial charge in [0.2, 0.25) is 5.88 Å². The smallest absolute Gasteiger partial charge is 0.308 e. The van der Waals surface area contributed by atoms with E-state index in [0.29, 0.717) is 24.4 Å². The van der Waals surface area contributed by atoms with Gasteiger partial charge in [-0.3, -0.25) is 9.59 Å². The number of nitrogens with zero attached hydrogens (tertiary/aromatic N) is 2. The molecule has 2 fully saturated rings. The lowest BCUT2D eigenvalue weighted by atomic mass is 9.96. The standard InChI is InChI=1S/C16H20N2O4/c1-10-13(16(20)21)6-8-18(10)15(19)11-5-7-17-14(9-11)22-12-3-2-4-12/h5,7,9-10,12-13H,2-4,6,8H2,1H3,(H,20,21). The van der Waals surface area contributed by atoms with Gasteiger partial charge in [0.05, 0.1) is 5.92 Å². The van der Waals surface area contributed by atoms with Crippen molar-refractivity contribution in [2.45, 2.75) is 44.8 Å². The second kappa shape index (κ2) is 5.94. The van der Waals surface area contributed by atoms with Crippen molar-refractivity contribution in [3.05, 3.63) is 23.9 Å². The van der Waals surface area contributed by atoms with E-state index in [4.69, 9.17) is 9.84 Å². The zero-order chi connectivity index (χ0) is 15.7. The summed E-state index contributed by atoms with van der Waals surface area (Å²) in [6, 6.07) is 3.01. The molecule has 118 valence electrons. The van der Waals surface area contributed by atoms with Crippen LogP contribution >= 0.6 is 0 Å². The van der Waals surface area contributed by atoms with E-state index >= 15 is 0 Å². The Bertz CT molecular complexity index is 585. The molecule has 1 saturated heterocycles. The molecule has 1 aliphatic heterocycles. The Morgan fingerprint density at radius 2 is 2.14 bits per heavy atom. The van der Waals surface area contributed by atoms with Gasteiger partial charge in [0, 0.05) is 30.4 Å². The molecule has 2 unspecified atom stereocenters. The number of aliphatic carboxylic acids is 1. The normalized spacial score (nSPS) is 24.9. The van der Waals surface area contributed by atoms with E-state index in [1.54, 1.807) is 30.2 Å². The van der Waals surface area contributed by atoms with Gasteiger partial charge in [-0.2, -0.15) is 0 Å². The predicted molar refractivity (Wildman–Crippen MR) is 78.7 cm³/mol. The van der Waals surface area contributed by atoms with Crippen LogP contribution in [-0.2, 0) is 4.79 Å². The van der Waals surface area contributed by atoms with Crippen LogP contribution in [0.1, 0.15) is 43.0 Å². The van der Waals surface area contributed by atoms with E-state index in [-0.39, 0.29) is 18.1 Å². The molecule has 6 heteroatoms. The zero-order valence-corrected chi connectivity index (χ0v) is 12.6. The van der Waals surface area contributed by atoms with E-state index in [1.165, 1.54) is 6.42 Å². The van der Waals surface area contributed by atoms with Gasteiger partial charge in [0.15, 0.2) is 0 Å². The Labute approximate surface area is 129 Å². The highest BCUT2D eigenvalue weighted by Crippen LogP contribution is 2.28. The lowest BCUT2D eigenvalue weighted by molar-refractivity contribution is -0.142. The molecule has 1 saturated carbocycles. The van der Waals surface area contributed by atoms with E-state index < -0.39 is 11.9 Å². The minimum atomic E-state index is -0.841. The molecule has 3 rings (SSSR count). The first kappa shape index (κ1) is 14.8. The van der Waals surface area contributed by atoms with Crippen molar-refractivity contribution in [3.63, 3.8) is 0 Å². The number of hydrogen-bond donors (Lipinski definition) is 1. The predicted octanol–water partition coefficient (Wildman–Crippen LogP) is 1.95. The average molecular weight is 304 g/mol. The largest absolute Gasteiger partial charge is 0.481 e. The summed E-state index contributed by atoms with van der Waals surface area (Å²) in [7, 11) is 0. The maximum atomic E-state index is 12.6. The first-order valence-corrected chi connectivity index (χ1v) is 7.72. The molecule has 6 nitrogen and oxygen atoms in total. The summed E-state index contributed by atoms with van der Waals surface area (Å²) < 4.78 is 5.71. The van der Waals surface area contributed by atoms with E-state index in [1.807, 2.05) is 0 Å². The van der Waals surface area contributed by atoms with Crippen LogP contribution in [0.5, 0.6) is 5.88 Å². The van der Waals surface area contributed by atoms with E-state index in [2.05, 4.69) is 4.98 Å². The molecule has 1 aromatic heterocycles. The number of likely N-dealkylation sites (tertiary alicyclic amines) is 1. The number of pyridine rings is 1. The van der Waals surface area contributed by atoms with Gasteiger partial charge in [0.1, 0.15) is 6.10 Å². The third kappa shape index (κ3) is 2.77. The van der Waals surface area contributed by atoms with Crippen LogP contribution in [0.15, 0.2) is 18.3 Å². The number of hydrogen-bond acceptors (Lipinski definition) is 4. The quantitative estimate of drug-likeness (QED) is 0.919. The first-order chi connectivity index (χ1) is 10.6. The lowest BCUT2D eigenvalue weighted by Crippen LogP contribution is -2.37. The molecule has 1 aromatic rings. The van der Waals surface area contributed by atoms with Crippen LogP contribution in [0.2, 0.25) is 0 Å². The molecular formula is C16H20N2O4. The average Bonchev–Trinajstić information content (AvgIpc) is 2.84. The molecule has 1 N–H and O–H groups in total. The summed E-state index contributed by atoms with van der Waals surface area (Å²) in [6.45, 7) is 2.26. The van der Waals surface area contributed by atoms with Gasteiger partial charge in [-0.1, -0.05) is 0 Å². The Hall–Kier alpha value is -2.11. The molecule has 2 aliphatic rings. The summed E-state index contributed by atoms with van der Waals surface area (Å²) in [4.78, 5) is 29.5. The van der Waals surface area contributed by atoms with Gasteiger partial charge in [0.25, 0.3) is 5.91 Å². The third-order valence-electron chi connectivity index (χ3n) is 4.65. The molecule has 2 heterocycles. The van der Waals surface area contributed by atoms with Crippen LogP contribution in [0.25, 0.3) is 0 Å².